The summed E-state index contributed by atoms with van der Waals surface area (Å²) in [6.45, 7) is 7.48. The Hall–Kier alpha value is -6.40. The fourth-order valence-electron chi connectivity index (χ4n) is 9.65. The number of piperazine rings is 1. The quantitative estimate of drug-likeness (QED) is 0.227. The van der Waals surface area contributed by atoms with E-state index in [1.54, 1.807) is 30.6 Å². The van der Waals surface area contributed by atoms with Gasteiger partial charge in [-0.1, -0.05) is 0 Å². The largest absolute Gasteiger partial charge is 0.490 e. The number of nitrogens with one attached hydrogen (secondary N) is 2. The number of amides is 5. The van der Waals surface area contributed by atoms with Gasteiger partial charge in [0.05, 0.1) is 33.9 Å². The van der Waals surface area contributed by atoms with Crippen LogP contribution in [0.4, 0.5) is 11.5 Å². The van der Waals surface area contributed by atoms with Crippen LogP contribution in [-0.4, -0.2) is 113 Å². The summed E-state index contributed by atoms with van der Waals surface area (Å²) in [4.78, 5) is 81.1. The molecule has 2 aromatic carbocycles. The Morgan fingerprint density at radius 3 is 2.43 bits per heavy atom. The average Bonchev–Trinajstić information content (AvgIpc) is 3.53. The maximum absolute atomic E-state index is 13.4. The second-order valence-corrected chi connectivity index (χ2v) is 17.0. The maximum Gasteiger partial charge on any atom is 0.262 e. The fourth-order valence-corrected chi connectivity index (χ4v) is 9.65. The highest BCUT2D eigenvalue weighted by atomic mass is 16.5. The van der Waals surface area contributed by atoms with Crippen LogP contribution < -0.4 is 25.2 Å². The number of carbonyl (C=O) groups excluding carboxylic acids is 5. The molecule has 6 heterocycles. The number of piperidine rings is 2. The molecule has 2 atom stereocenters. The average molecular weight is 824 g/mol. The molecule has 3 saturated heterocycles. The van der Waals surface area contributed by atoms with Crippen LogP contribution in [0.1, 0.15) is 94.9 Å². The van der Waals surface area contributed by atoms with Crippen LogP contribution in [-0.2, 0) is 9.59 Å². The molecule has 0 bridgehead atoms. The number of ether oxygens (including phenoxy) is 1. The molecular weight excluding hydrogens is 775 g/mol. The van der Waals surface area contributed by atoms with E-state index in [0.717, 1.165) is 105 Å². The van der Waals surface area contributed by atoms with E-state index < -0.39 is 29.7 Å². The number of carbonyl (C=O) groups is 5. The van der Waals surface area contributed by atoms with Crippen molar-refractivity contribution >= 4 is 51.9 Å². The molecule has 4 aliphatic heterocycles. The van der Waals surface area contributed by atoms with E-state index >= 15 is 0 Å². The van der Waals surface area contributed by atoms with E-state index in [9.17, 15) is 29.2 Å². The van der Waals surface area contributed by atoms with E-state index in [0.29, 0.717) is 33.7 Å². The third-order valence-electron chi connectivity index (χ3n) is 13.1. The van der Waals surface area contributed by atoms with Gasteiger partial charge >= 0.3 is 0 Å². The zero-order valence-corrected chi connectivity index (χ0v) is 34.2. The number of imide groups is 2. The van der Waals surface area contributed by atoms with Gasteiger partial charge in [-0.3, -0.25) is 44.1 Å². The smallest absolute Gasteiger partial charge is 0.262 e. The van der Waals surface area contributed by atoms with Crippen LogP contribution in [0.2, 0.25) is 0 Å². The number of hydrogen-bond donors (Lipinski definition) is 2. The Labute approximate surface area is 354 Å². The van der Waals surface area contributed by atoms with Crippen molar-refractivity contribution in [3.63, 3.8) is 0 Å². The van der Waals surface area contributed by atoms with Crippen molar-refractivity contribution in [3.05, 3.63) is 89.2 Å². The summed E-state index contributed by atoms with van der Waals surface area (Å²) in [5.74, 6) is 0.0686. The first-order valence-corrected chi connectivity index (χ1v) is 21.4. The fraction of sp³-hybridized carbons (Fsp3) is 0.435. The van der Waals surface area contributed by atoms with E-state index in [4.69, 9.17) is 9.72 Å². The lowest BCUT2D eigenvalue weighted by Gasteiger charge is -2.43. The van der Waals surface area contributed by atoms with Crippen molar-refractivity contribution in [2.24, 2.45) is 5.92 Å². The van der Waals surface area contributed by atoms with Gasteiger partial charge in [0.2, 0.25) is 11.8 Å². The molecule has 0 radical (unpaired) electrons. The molecule has 9 rings (SSSR count). The van der Waals surface area contributed by atoms with Gasteiger partial charge in [0.15, 0.2) is 0 Å². The van der Waals surface area contributed by atoms with E-state index in [1.165, 1.54) is 0 Å². The molecule has 15 nitrogen and oxygen atoms in total. The molecule has 2 aromatic heterocycles. The lowest BCUT2D eigenvalue weighted by Crippen LogP contribution is -2.54. The number of nitrogens with zero attached hydrogens (tertiary/aromatic N) is 7. The summed E-state index contributed by atoms with van der Waals surface area (Å²) in [5.41, 5.74) is 3.19. The molecule has 5 amide bonds. The third-order valence-corrected chi connectivity index (χ3v) is 13.1. The van der Waals surface area contributed by atoms with Crippen LogP contribution in [0, 0.1) is 17.2 Å². The third kappa shape index (κ3) is 8.12. The van der Waals surface area contributed by atoms with Crippen LogP contribution in [0.15, 0.2) is 67.0 Å². The number of benzene rings is 2. The number of pyridine rings is 2. The van der Waals surface area contributed by atoms with E-state index in [2.05, 4.69) is 43.3 Å². The minimum absolute atomic E-state index is 0.0254. The maximum atomic E-state index is 13.4. The monoisotopic (exact) mass is 823 g/mol. The standard InChI is InChI=1S/C46H49N9O6/c1-28-26-54(33-8-11-35-37(23-33)46(60)55(45(35)59)38-12-15-41(56)51-44(38)58)22-21-53(28)27-29-16-19-52(20-17-29)40-14-5-31(25-49-40)43(57)50-32-6-9-34(10-7-32)61-39-13-4-30(24-47)42-36(39)3-2-18-48-42/h2-5,8,11,13-14,18,23,25,28-29,32,34,38H,6-7,9-10,12,15-17,19-22,26-27H2,1H3,(H,50,57)(H,51,56,58)/t28-,32?,34?,38?/m0/s1. The molecule has 15 heteroatoms. The van der Waals surface area contributed by atoms with Crippen molar-refractivity contribution in [1.82, 2.24) is 30.4 Å². The minimum Gasteiger partial charge on any atom is -0.490 e. The first-order chi connectivity index (χ1) is 29.6. The number of aromatic nitrogens is 2. The minimum atomic E-state index is -0.979. The Kier molecular flexibility index (Phi) is 11.1. The van der Waals surface area contributed by atoms with Gasteiger partial charge in [-0.2, -0.15) is 5.26 Å². The first-order valence-electron chi connectivity index (χ1n) is 21.4. The molecule has 0 spiro atoms. The van der Waals surface area contributed by atoms with Crippen molar-refractivity contribution in [2.45, 2.75) is 82.5 Å². The first kappa shape index (κ1) is 40.0. The SMILES string of the molecule is C[C@H]1CN(c2ccc3c(c2)C(=O)N(C2CCC(=O)NC2=O)C3=O)CCN1CC1CCN(c2ccc(C(=O)NC3CCC(Oc4ccc(C#N)c5ncccc45)CC3)cn2)CC1. The highest BCUT2D eigenvalue weighted by Crippen LogP contribution is 2.33. The van der Waals surface area contributed by atoms with Crippen LogP contribution in [0.5, 0.6) is 5.75 Å². The topological polar surface area (TPSA) is 181 Å². The number of rotatable bonds is 9. The van der Waals surface area contributed by atoms with Gasteiger partial charge in [-0.25, -0.2) is 4.98 Å². The zero-order valence-electron chi connectivity index (χ0n) is 34.2. The summed E-state index contributed by atoms with van der Waals surface area (Å²) >= 11 is 0. The van der Waals surface area contributed by atoms with E-state index in [1.807, 2.05) is 36.4 Å². The lowest BCUT2D eigenvalue weighted by molar-refractivity contribution is -0.136. The van der Waals surface area contributed by atoms with Gasteiger partial charge < -0.3 is 19.9 Å². The summed E-state index contributed by atoms with van der Waals surface area (Å²) in [6.07, 6.45) is 8.95. The van der Waals surface area contributed by atoms with Crippen LogP contribution >= 0.6 is 0 Å². The summed E-state index contributed by atoms with van der Waals surface area (Å²) < 4.78 is 6.37. The molecule has 2 N–H and O–H groups in total. The Morgan fingerprint density at radius 1 is 0.885 bits per heavy atom. The normalized spacial score (nSPS) is 23.8. The summed E-state index contributed by atoms with van der Waals surface area (Å²) in [5, 5.41) is 15.7. The highest BCUT2D eigenvalue weighted by Gasteiger charge is 2.45. The predicted molar refractivity (Wildman–Crippen MR) is 226 cm³/mol. The van der Waals surface area contributed by atoms with Crippen molar-refractivity contribution in [2.75, 3.05) is 49.1 Å². The van der Waals surface area contributed by atoms with Crippen molar-refractivity contribution in [1.29, 1.82) is 5.26 Å². The summed E-state index contributed by atoms with van der Waals surface area (Å²) in [7, 11) is 0. The number of nitriles is 1. The predicted octanol–water partition coefficient (Wildman–Crippen LogP) is 4.45. The molecule has 61 heavy (non-hydrogen) atoms. The van der Waals surface area contributed by atoms with Crippen molar-refractivity contribution in [3.8, 4) is 11.8 Å². The molecule has 1 unspecified atom stereocenters. The van der Waals surface area contributed by atoms with E-state index in [-0.39, 0.29) is 36.9 Å². The van der Waals surface area contributed by atoms with Gasteiger partial charge in [0.1, 0.15) is 23.7 Å². The summed E-state index contributed by atoms with van der Waals surface area (Å²) in [6, 6.07) is 18.1. The molecule has 1 aliphatic carbocycles. The molecule has 4 fully saturated rings. The molecule has 314 valence electrons. The molecule has 5 aliphatic rings. The van der Waals surface area contributed by atoms with Crippen LogP contribution in [0.25, 0.3) is 10.9 Å². The Balaban J connectivity index is 0.713. The second kappa shape index (κ2) is 16.9. The Bertz CT molecular complexity index is 2420. The molecule has 1 saturated carbocycles. The van der Waals surface area contributed by atoms with Crippen LogP contribution in [0.3, 0.4) is 0 Å². The Morgan fingerprint density at radius 2 is 1.69 bits per heavy atom. The number of hydrogen-bond acceptors (Lipinski definition) is 12. The number of anilines is 2. The van der Waals surface area contributed by atoms with Gasteiger partial charge in [0, 0.05) is 81.2 Å². The molecule has 4 aromatic rings. The molecular formula is C46H49N9O6. The zero-order chi connectivity index (χ0) is 42.2. The highest BCUT2D eigenvalue weighted by molar-refractivity contribution is 6.23. The van der Waals surface area contributed by atoms with Gasteiger partial charge in [-0.05, 0) is 112 Å². The lowest BCUT2D eigenvalue weighted by atomic mass is 9.92. The van der Waals surface area contributed by atoms with Gasteiger partial charge in [0.25, 0.3) is 17.7 Å². The van der Waals surface area contributed by atoms with Gasteiger partial charge in [-0.15, -0.1) is 0 Å². The second-order valence-electron chi connectivity index (χ2n) is 17.0. The number of fused-ring (bicyclic) bond motifs is 2. The van der Waals surface area contributed by atoms with Crippen molar-refractivity contribution < 1.29 is 28.7 Å².